The van der Waals surface area contributed by atoms with Gasteiger partial charge in [-0.25, -0.2) is 8.78 Å². The summed E-state index contributed by atoms with van der Waals surface area (Å²) in [5.41, 5.74) is -0.798. The summed E-state index contributed by atoms with van der Waals surface area (Å²) in [6.45, 7) is 6.25. The van der Waals surface area contributed by atoms with Gasteiger partial charge in [-0.1, -0.05) is 37.6 Å². The zero-order valence-electron chi connectivity index (χ0n) is 14.7. The average molecular weight is 409 g/mol. The van der Waals surface area contributed by atoms with Crippen molar-refractivity contribution in [1.29, 1.82) is 0 Å². The van der Waals surface area contributed by atoms with Crippen LogP contribution in [0.25, 0.3) is 0 Å². The summed E-state index contributed by atoms with van der Waals surface area (Å²) in [6.07, 6.45) is -2.51. The van der Waals surface area contributed by atoms with Crippen LogP contribution < -0.4 is 0 Å². The second-order valence-electron chi connectivity index (χ2n) is 6.98. The van der Waals surface area contributed by atoms with Crippen LogP contribution in [0.3, 0.4) is 0 Å². The first-order valence-corrected chi connectivity index (χ1v) is 8.46. The molecule has 0 N–H and O–H groups in total. The van der Waals surface area contributed by atoms with Crippen LogP contribution in [0, 0.1) is 28.9 Å². The molecule has 1 saturated carbocycles. The van der Waals surface area contributed by atoms with Gasteiger partial charge in [0.15, 0.2) is 0 Å². The maximum absolute atomic E-state index is 13.9. The van der Waals surface area contributed by atoms with Gasteiger partial charge in [-0.2, -0.15) is 13.2 Å². The third kappa shape index (κ3) is 4.69. The van der Waals surface area contributed by atoms with E-state index in [1.807, 2.05) is 0 Å². The van der Waals surface area contributed by atoms with Crippen molar-refractivity contribution in [2.75, 3.05) is 0 Å². The van der Waals surface area contributed by atoms with Gasteiger partial charge in [-0.3, -0.25) is 4.79 Å². The van der Waals surface area contributed by atoms with E-state index in [2.05, 4.69) is 6.58 Å². The highest BCUT2D eigenvalue weighted by molar-refractivity contribution is 6.30. The van der Waals surface area contributed by atoms with Gasteiger partial charge in [-0.05, 0) is 35.4 Å². The molecule has 0 saturated heterocycles. The second kappa shape index (κ2) is 7.62. The summed E-state index contributed by atoms with van der Waals surface area (Å²) in [5, 5.41) is -1.29. The molecule has 0 aliphatic heterocycles. The maximum Gasteiger partial charge on any atom is 0.426 e. The minimum atomic E-state index is -4.68. The van der Waals surface area contributed by atoms with Crippen LogP contribution in [0.5, 0.6) is 0 Å². The van der Waals surface area contributed by atoms with Gasteiger partial charge in [0, 0.05) is 5.56 Å². The number of hydrogen-bond donors (Lipinski definition) is 0. The number of allylic oxidation sites excluding steroid dienone is 3. The van der Waals surface area contributed by atoms with E-state index in [1.165, 1.54) is 6.08 Å². The smallest absolute Gasteiger partial charge is 0.426 e. The Labute approximate surface area is 158 Å². The van der Waals surface area contributed by atoms with Crippen LogP contribution in [0.2, 0.25) is 0 Å². The van der Waals surface area contributed by atoms with Crippen LogP contribution in [0.15, 0.2) is 35.9 Å². The van der Waals surface area contributed by atoms with Crippen LogP contribution >= 0.6 is 11.6 Å². The highest BCUT2D eigenvalue weighted by atomic mass is 35.5. The van der Waals surface area contributed by atoms with E-state index in [0.717, 1.165) is 18.2 Å². The summed E-state index contributed by atoms with van der Waals surface area (Å²) in [7, 11) is 0. The highest BCUT2D eigenvalue weighted by Crippen LogP contribution is 2.60. The highest BCUT2D eigenvalue weighted by Gasteiger charge is 2.62. The van der Waals surface area contributed by atoms with Gasteiger partial charge in [0.05, 0.1) is 5.92 Å². The van der Waals surface area contributed by atoms with Gasteiger partial charge in [0.1, 0.15) is 23.3 Å². The van der Waals surface area contributed by atoms with E-state index in [0.29, 0.717) is 0 Å². The molecule has 2 atom stereocenters. The lowest BCUT2D eigenvalue weighted by molar-refractivity contribution is -0.147. The van der Waals surface area contributed by atoms with Crippen molar-refractivity contribution in [3.63, 3.8) is 0 Å². The van der Waals surface area contributed by atoms with Gasteiger partial charge < -0.3 is 4.74 Å². The number of halogens is 6. The summed E-state index contributed by atoms with van der Waals surface area (Å²) in [4.78, 5) is 12.2. The molecular formula is C19H18ClF5O2. The number of hydrogen-bond acceptors (Lipinski definition) is 2. The number of carbonyl (C=O) groups excluding carboxylic acids is 1. The molecule has 0 radical (unpaired) electrons. The Kier molecular flexibility index (Phi) is 6.04. The summed E-state index contributed by atoms with van der Waals surface area (Å²) < 4.78 is 70.5. The molecule has 1 aromatic carbocycles. The zero-order valence-corrected chi connectivity index (χ0v) is 15.4. The third-order valence-corrected chi connectivity index (χ3v) is 5.03. The lowest BCUT2D eigenvalue weighted by Gasteiger charge is -2.08. The van der Waals surface area contributed by atoms with E-state index >= 15 is 0 Å². The molecule has 0 bridgehead atoms. The molecule has 8 heteroatoms. The van der Waals surface area contributed by atoms with E-state index in [1.54, 1.807) is 13.8 Å². The van der Waals surface area contributed by atoms with Crippen molar-refractivity contribution < 1.29 is 31.5 Å². The second-order valence-corrected chi connectivity index (χ2v) is 7.38. The van der Waals surface area contributed by atoms with E-state index < -0.39 is 52.7 Å². The topological polar surface area (TPSA) is 26.3 Å². The predicted octanol–water partition coefficient (Wildman–Crippen LogP) is 5.69. The van der Waals surface area contributed by atoms with Crippen molar-refractivity contribution in [2.24, 2.45) is 17.3 Å². The number of benzene rings is 1. The fourth-order valence-electron chi connectivity index (χ4n) is 3.01. The Bertz CT molecular complexity index is 760. The molecule has 0 aromatic heterocycles. The standard InChI is InChI=1S/C19H18ClF5O2/c1-4-5-11-13(21)6-10(7-14(11)22)9-27-17(26)16-12(18(16,2)3)8-15(20)19(23,24)25/h4,6-8,12,16H,1,5,9H2,2-3H3. The third-order valence-electron chi connectivity index (χ3n) is 4.69. The van der Waals surface area contributed by atoms with Gasteiger partial charge in [0.25, 0.3) is 0 Å². The monoisotopic (exact) mass is 408 g/mol. The van der Waals surface area contributed by atoms with Gasteiger partial charge >= 0.3 is 12.1 Å². The molecule has 1 fully saturated rings. The Balaban J connectivity index is 2.05. The number of esters is 1. The molecule has 2 nitrogen and oxygen atoms in total. The van der Waals surface area contributed by atoms with Gasteiger partial charge in [-0.15, -0.1) is 6.58 Å². The molecule has 148 valence electrons. The van der Waals surface area contributed by atoms with Crippen molar-refractivity contribution in [3.05, 3.63) is 58.7 Å². The van der Waals surface area contributed by atoms with Crippen molar-refractivity contribution in [2.45, 2.75) is 33.1 Å². The Morgan fingerprint density at radius 3 is 2.33 bits per heavy atom. The summed E-state index contributed by atoms with van der Waals surface area (Å²) in [5.74, 6) is -3.87. The summed E-state index contributed by atoms with van der Waals surface area (Å²) >= 11 is 5.23. The lowest BCUT2D eigenvalue weighted by Crippen LogP contribution is -2.11. The molecule has 1 aromatic rings. The molecule has 2 rings (SSSR count). The molecule has 27 heavy (non-hydrogen) atoms. The largest absolute Gasteiger partial charge is 0.461 e. The molecular weight excluding hydrogens is 391 g/mol. The number of carbonyl (C=O) groups is 1. The van der Waals surface area contributed by atoms with Crippen molar-refractivity contribution in [3.8, 4) is 0 Å². The first-order chi connectivity index (χ1) is 12.4. The van der Waals surface area contributed by atoms with Gasteiger partial charge in [0.2, 0.25) is 0 Å². The lowest BCUT2D eigenvalue weighted by atomic mass is 10.1. The fraction of sp³-hybridized carbons (Fsp3) is 0.421. The molecule has 0 heterocycles. The van der Waals surface area contributed by atoms with Crippen LogP contribution in [-0.2, 0) is 22.6 Å². The number of ether oxygens (including phenoxy) is 1. The average Bonchev–Trinajstić information content (AvgIpc) is 3.08. The first-order valence-electron chi connectivity index (χ1n) is 8.08. The molecule has 0 amide bonds. The predicted molar refractivity (Wildman–Crippen MR) is 90.8 cm³/mol. The Morgan fingerprint density at radius 2 is 1.85 bits per heavy atom. The van der Waals surface area contributed by atoms with E-state index in [4.69, 9.17) is 16.3 Å². The Hall–Kier alpha value is -1.89. The normalized spacial score (nSPS) is 21.7. The van der Waals surface area contributed by atoms with Crippen molar-refractivity contribution >= 4 is 17.6 Å². The number of rotatable bonds is 6. The molecule has 1 aliphatic carbocycles. The SMILES string of the molecule is C=CCc1c(F)cc(COC(=O)C2C(C=C(Cl)C(F)(F)F)C2(C)C)cc1F. The van der Waals surface area contributed by atoms with Crippen LogP contribution in [0.4, 0.5) is 22.0 Å². The Morgan fingerprint density at radius 1 is 1.30 bits per heavy atom. The zero-order chi connectivity index (χ0) is 20.6. The minimum absolute atomic E-state index is 0.0159. The molecule has 0 spiro atoms. The van der Waals surface area contributed by atoms with E-state index in [-0.39, 0.29) is 17.5 Å². The van der Waals surface area contributed by atoms with Crippen LogP contribution in [-0.4, -0.2) is 12.1 Å². The molecule has 1 aliphatic rings. The first kappa shape index (κ1) is 21.4. The van der Waals surface area contributed by atoms with E-state index in [9.17, 15) is 26.7 Å². The maximum atomic E-state index is 13.9. The number of alkyl halides is 3. The van der Waals surface area contributed by atoms with Crippen molar-refractivity contribution in [1.82, 2.24) is 0 Å². The minimum Gasteiger partial charge on any atom is -0.461 e. The quantitative estimate of drug-likeness (QED) is 0.343. The summed E-state index contributed by atoms with van der Waals surface area (Å²) in [6, 6.07) is 2.09. The van der Waals surface area contributed by atoms with Crippen LogP contribution in [0.1, 0.15) is 25.0 Å². The fourth-order valence-corrected chi connectivity index (χ4v) is 3.15. The molecule has 2 unspecified atom stereocenters.